The third-order valence-corrected chi connectivity index (χ3v) is 3.01. The van der Waals surface area contributed by atoms with Crippen LogP contribution in [-0.4, -0.2) is 4.37 Å². The minimum Gasteiger partial charge on any atom is -0.180 e. The van der Waals surface area contributed by atoms with Crippen molar-refractivity contribution in [3.63, 3.8) is 0 Å². The van der Waals surface area contributed by atoms with Gasteiger partial charge in [-0.15, -0.1) is 0 Å². The molecule has 0 saturated carbocycles. The van der Waals surface area contributed by atoms with Crippen LogP contribution in [0.25, 0.3) is 10.4 Å². The molecule has 0 unspecified atom stereocenters. The number of hydrogen-bond donors (Lipinski definition) is 0. The van der Waals surface area contributed by atoms with E-state index >= 15 is 0 Å². The van der Waals surface area contributed by atoms with E-state index in [9.17, 15) is 0 Å². The first-order valence-corrected chi connectivity index (χ1v) is 5.11. The summed E-state index contributed by atoms with van der Waals surface area (Å²) in [7, 11) is 0. The lowest BCUT2D eigenvalue weighted by Gasteiger charge is -1.99. The van der Waals surface area contributed by atoms with Gasteiger partial charge in [0.2, 0.25) is 0 Å². The average molecular weight is 210 g/mol. The number of rotatable bonds is 1. The molecule has 0 amide bonds. The van der Waals surface area contributed by atoms with E-state index in [0.29, 0.717) is 5.15 Å². The number of hydrogen-bond acceptors (Lipinski definition) is 2. The largest absolute Gasteiger partial charge is 0.180 e. The summed E-state index contributed by atoms with van der Waals surface area (Å²) in [4.78, 5) is 1.13. The van der Waals surface area contributed by atoms with Crippen LogP contribution in [0.3, 0.4) is 0 Å². The van der Waals surface area contributed by atoms with Gasteiger partial charge in [0.15, 0.2) is 0 Å². The van der Waals surface area contributed by atoms with E-state index in [1.807, 2.05) is 18.2 Å². The molecule has 0 aliphatic heterocycles. The first kappa shape index (κ1) is 8.73. The van der Waals surface area contributed by atoms with Crippen LogP contribution in [-0.2, 0) is 0 Å². The van der Waals surface area contributed by atoms with Crippen LogP contribution < -0.4 is 0 Å². The molecule has 2 rings (SSSR count). The molecule has 0 radical (unpaired) electrons. The molecule has 0 N–H and O–H groups in total. The second kappa shape index (κ2) is 3.48. The van der Waals surface area contributed by atoms with Crippen LogP contribution in [0.15, 0.2) is 30.3 Å². The van der Waals surface area contributed by atoms with Crippen LogP contribution in [0.5, 0.6) is 0 Å². The summed E-state index contributed by atoms with van der Waals surface area (Å²) in [6.45, 7) is 2.09. The maximum atomic E-state index is 5.76. The van der Waals surface area contributed by atoms with Crippen molar-refractivity contribution in [3.05, 3.63) is 41.0 Å². The Labute approximate surface area is 86.2 Å². The third kappa shape index (κ3) is 1.74. The SMILES string of the molecule is Cc1ccccc1-c1cc(Cl)ns1. The lowest BCUT2D eigenvalue weighted by atomic mass is 10.1. The molecule has 1 aromatic heterocycles. The van der Waals surface area contributed by atoms with Crippen molar-refractivity contribution in [2.75, 3.05) is 0 Å². The number of nitrogens with zero attached hydrogens (tertiary/aromatic N) is 1. The van der Waals surface area contributed by atoms with Crippen molar-refractivity contribution in [2.24, 2.45) is 0 Å². The Morgan fingerprint density at radius 3 is 2.69 bits per heavy atom. The van der Waals surface area contributed by atoms with Crippen molar-refractivity contribution in [1.82, 2.24) is 4.37 Å². The van der Waals surface area contributed by atoms with Crippen LogP contribution in [0.4, 0.5) is 0 Å². The molecular weight excluding hydrogens is 202 g/mol. The van der Waals surface area contributed by atoms with Gasteiger partial charge in [0.1, 0.15) is 5.15 Å². The van der Waals surface area contributed by atoms with Gasteiger partial charge in [-0.05, 0) is 35.6 Å². The minimum absolute atomic E-state index is 0.572. The highest BCUT2D eigenvalue weighted by atomic mass is 35.5. The maximum absolute atomic E-state index is 5.76. The molecule has 3 heteroatoms. The number of aromatic nitrogens is 1. The predicted molar refractivity (Wildman–Crippen MR) is 57.3 cm³/mol. The van der Waals surface area contributed by atoms with Gasteiger partial charge < -0.3 is 0 Å². The van der Waals surface area contributed by atoms with Gasteiger partial charge in [0, 0.05) is 0 Å². The molecule has 0 saturated heterocycles. The van der Waals surface area contributed by atoms with E-state index < -0.39 is 0 Å². The lowest BCUT2D eigenvalue weighted by Crippen LogP contribution is -1.77. The molecule has 0 aliphatic carbocycles. The van der Waals surface area contributed by atoms with Gasteiger partial charge in [-0.2, -0.15) is 4.37 Å². The molecule has 1 aromatic carbocycles. The zero-order chi connectivity index (χ0) is 9.26. The van der Waals surface area contributed by atoms with Gasteiger partial charge in [-0.1, -0.05) is 35.9 Å². The van der Waals surface area contributed by atoms with Crippen LogP contribution in [0.1, 0.15) is 5.56 Å². The minimum atomic E-state index is 0.572. The quantitative estimate of drug-likeness (QED) is 0.697. The van der Waals surface area contributed by atoms with Crippen molar-refractivity contribution < 1.29 is 0 Å². The molecule has 0 aliphatic rings. The molecular formula is C10H8ClNS. The standard InChI is InChI=1S/C10H8ClNS/c1-7-4-2-3-5-8(7)9-6-10(11)12-13-9/h2-6H,1H3. The predicted octanol–water partition coefficient (Wildman–Crippen LogP) is 3.77. The van der Waals surface area contributed by atoms with Crippen LogP contribution in [0.2, 0.25) is 5.15 Å². The molecule has 0 fully saturated rings. The summed E-state index contributed by atoms with van der Waals surface area (Å²) < 4.78 is 4.04. The highest BCUT2D eigenvalue weighted by Gasteiger charge is 2.04. The summed E-state index contributed by atoms with van der Waals surface area (Å²) in [5.41, 5.74) is 2.47. The second-order valence-electron chi connectivity index (χ2n) is 2.83. The molecule has 1 heterocycles. The molecule has 1 nitrogen and oxygen atoms in total. The van der Waals surface area contributed by atoms with E-state index in [2.05, 4.69) is 23.4 Å². The number of benzene rings is 1. The normalized spacial score (nSPS) is 10.3. The molecule has 13 heavy (non-hydrogen) atoms. The third-order valence-electron chi connectivity index (χ3n) is 1.89. The van der Waals surface area contributed by atoms with E-state index in [1.54, 1.807) is 0 Å². The Morgan fingerprint density at radius 1 is 1.31 bits per heavy atom. The first-order chi connectivity index (χ1) is 6.27. The fourth-order valence-electron chi connectivity index (χ4n) is 1.23. The molecule has 0 spiro atoms. The van der Waals surface area contributed by atoms with E-state index in [-0.39, 0.29) is 0 Å². The fraction of sp³-hybridized carbons (Fsp3) is 0.100. The van der Waals surface area contributed by atoms with Gasteiger partial charge in [-0.3, -0.25) is 0 Å². The highest BCUT2D eigenvalue weighted by molar-refractivity contribution is 7.09. The Hall–Kier alpha value is -0.860. The number of halogens is 1. The molecule has 66 valence electrons. The topological polar surface area (TPSA) is 12.9 Å². The molecule has 0 bridgehead atoms. The fourth-order valence-corrected chi connectivity index (χ4v) is 2.24. The Kier molecular flexibility index (Phi) is 2.34. The molecule has 0 atom stereocenters. The zero-order valence-corrected chi connectivity index (χ0v) is 8.69. The monoisotopic (exact) mass is 209 g/mol. The van der Waals surface area contributed by atoms with Crippen molar-refractivity contribution in [2.45, 2.75) is 6.92 Å². The van der Waals surface area contributed by atoms with Crippen molar-refractivity contribution in [3.8, 4) is 10.4 Å². The number of aryl methyl sites for hydroxylation is 1. The van der Waals surface area contributed by atoms with Crippen LogP contribution >= 0.6 is 23.1 Å². The Balaban J connectivity index is 2.52. The van der Waals surface area contributed by atoms with Gasteiger partial charge >= 0.3 is 0 Å². The summed E-state index contributed by atoms with van der Waals surface area (Å²) in [5, 5.41) is 0.572. The van der Waals surface area contributed by atoms with E-state index in [4.69, 9.17) is 11.6 Å². The van der Waals surface area contributed by atoms with Crippen molar-refractivity contribution in [1.29, 1.82) is 0 Å². The summed E-state index contributed by atoms with van der Waals surface area (Å²) in [6.07, 6.45) is 0. The highest BCUT2D eigenvalue weighted by Crippen LogP contribution is 2.28. The summed E-state index contributed by atoms with van der Waals surface area (Å²) in [6, 6.07) is 10.1. The maximum Gasteiger partial charge on any atom is 0.143 e. The van der Waals surface area contributed by atoms with Gasteiger partial charge in [0.25, 0.3) is 0 Å². The zero-order valence-electron chi connectivity index (χ0n) is 7.12. The van der Waals surface area contributed by atoms with E-state index in [1.165, 1.54) is 22.7 Å². The molecule has 2 aromatic rings. The first-order valence-electron chi connectivity index (χ1n) is 3.95. The summed E-state index contributed by atoms with van der Waals surface area (Å²) >= 11 is 7.20. The van der Waals surface area contributed by atoms with Crippen LogP contribution in [0, 0.1) is 6.92 Å². The summed E-state index contributed by atoms with van der Waals surface area (Å²) in [5.74, 6) is 0. The Bertz CT molecular complexity index is 422. The lowest BCUT2D eigenvalue weighted by molar-refractivity contribution is 1.48. The smallest absolute Gasteiger partial charge is 0.143 e. The van der Waals surface area contributed by atoms with Gasteiger partial charge in [0.05, 0.1) is 4.88 Å². The second-order valence-corrected chi connectivity index (χ2v) is 4.02. The van der Waals surface area contributed by atoms with E-state index in [0.717, 1.165) is 4.88 Å². The Morgan fingerprint density at radius 2 is 2.08 bits per heavy atom. The van der Waals surface area contributed by atoms with Gasteiger partial charge in [-0.25, -0.2) is 0 Å². The average Bonchev–Trinajstić information content (AvgIpc) is 2.53. The van der Waals surface area contributed by atoms with Crippen molar-refractivity contribution >= 4 is 23.1 Å².